The van der Waals surface area contributed by atoms with Crippen LogP contribution in [0.5, 0.6) is 0 Å². The van der Waals surface area contributed by atoms with E-state index in [1.165, 1.54) is 0 Å². The van der Waals surface area contributed by atoms with E-state index in [1.54, 1.807) is 18.2 Å². The van der Waals surface area contributed by atoms with E-state index in [9.17, 15) is 4.21 Å². The highest BCUT2D eigenvalue weighted by Gasteiger charge is 2.11. The molecule has 0 heterocycles. The van der Waals surface area contributed by atoms with Gasteiger partial charge in [-0.2, -0.15) is 0 Å². The zero-order valence-corrected chi connectivity index (χ0v) is 14.4. The van der Waals surface area contributed by atoms with Crippen LogP contribution in [0.25, 0.3) is 0 Å². The lowest BCUT2D eigenvalue weighted by atomic mass is 10.2. The van der Waals surface area contributed by atoms with Gasteiger partial charge in [-0.15, -0.1) is 0 Å². The van der Waals surface area contributed by atoms with Gasteiger partial charge in [-0.3, -0.25) is 4.21 Å². The Bertz CT molecular complexity index is 649. The standard InChI is InChI=1S/C13H10Br2ClNOS/c14-9-2-1-8(11(16)5-9)7-19(18)13-6-10(15)3-4-12(13)17/h1-6H,7,17H2. The highest BCUT2D eigenvalue weighted by molar-refractivity contribution is 9.10. The fourth-order valence-electron chi connectivity index (χ4n) is 1.56. The summed E-state index contributed by atoms with van der Waals surface area (Å²) in [5.74, 6) is 0.340. The highest BCUT2D eigenvalue weighted by Crippen LogP contribution is 2.27. The maximum absolute atomic E-state index is 12.4. The van der Waals surface area contributed by atoms with Gasteiger partial charge in [0, 0.05) is 19.7 Å². The van der Waals surface area contributed by atoms with Crippen molar-refractivity contribution in [1.82, 2.24) is 0 Å². The van der Waals surface area contributed by atoms with Gasteiger partial charge in [0.1, 0.15) is 0 Å². The summed E-state index contributed by atoms with van der Waals surface area (Å²) in [6.07, 6.45) is 0. The van der Waals surface area contributed by atoms with Gasteiger partial charge in [-0.25, -0.2) is 0 Å². The van der Waals surface area contributed by atoms with Crippen LogP contribution in [0.2, 0.25) is 5.02 Å². The number of anilines is 1. The molecule has 0 saturated heterocycles. The smallest absolute Gasteiger partial charge is 0.0632 e. The molecule has 100 valence electrons. The molecule has 19 heavy (non-hydrogen) atoms. The van der Waals surface area contributed by atoms with Crippen molar-refractivity contribution in [3.05, 3.63) is 55.9 Å². The molecule has 2 nitrogen and oxygen atoms in total. The molecule has 0 amide bonds. The minimum atomic E-state index is -1.23. The number of benzene rings is 2. The molecule has 0 bridgehead atoms. The SMILES string of the molecule is Nc1ccc(Br)cc1S(=O)Cc1ccc(Br)cc1Cl. The molecule has 1 atom stereocenters. The molecule has 0 aliphatic carbocycles. The first-order chi connectivity index (χ1) is 8.97. The van der Waals surface area contributed by atoms with Crippen molar-refractivity contribution in [2.24, 2.45) is 0 Å². The minimum Gasteiger partial charge on any atom is -0.398 e. The fourth-order valence-corrected chi connectivity index (χ4v) is 4.17. The van der Waals surface area contributed by atoms with E-state index in [4.69, 9.17) is 17.3 Å². The van der Waals surface area contributed by atoms with E-state index in [2.05, 4.69) is 31.9 Å². The zero-order chi connectivity index (χ0) is 14.0. The van der Waals surface area contributed by atoms with Gasteiger partial charge in [-0.1, -0.05) is 49.5 Å². The predicted octanol–water partition coefficient (Wildman–Crippen LogP) is 4.76. The fraction of sp³-hybridized carbons (Fsp3) is 0.0769. The topological polar surface area (TPSA) is 43.1 Å². The van der Waals surface area contributed by atoms with Crippen molar-refractivity contribution in [3.63, 3.8) is 0 Å². The third kappa shape index (κ3) is 3.81. The average molecular weight is 424 g/mol. The third-order valence-corrected chi connectivity index (χ3v) is 5.28. The van der Waals surface area contributed by atoms with E-state index < -0.39 is 10.8 Å². The normalized spacial score (nSPS) is 12.4. The summed E-state index contributed by atoms with van der Waals surface area (Å²) in [5, 5.41) is 0.594. The number of hydrogen-bond acceptors (Lipinski definition) is 2. The second-order valence-electron chi connectivity index (χ2n) is 3.91. The van der Waals surface area contributed by atoms with Crippen LogP contribution in [0.4, 0.5) is 5.69 Å². The molecular formula is C13H10Br2ClNOS. The van der Waals surface area contributed by atoms with E-state index in [0.717, 1.165) is 14.5 Å². The number of halogens is 3. The first-order valence-corrected chi connectivity index (χ1v) is 8.63. The Kier molecular flexibility index (Phi) is 5.06. The molecule has 0 aromatic heterocycles. The van der Waals surface area contributed by atoms with Gasteiger partial charge in [0.2, 0.25) is 0 Å². The largest absolute Gasteiger partial charge is 0.398 e. The lowest BCUT2D eigenvalue weighted by Crippen LogP contribution is -2.01. The molecule has 2 aromatic rings. The van der Waals surface area contributed by atoms with Gasteiger partial charge in [-0.05, 0) is 35.9 Å². The van der Waals surface area contributed by atoms with Gasteiger partial charge in [0.15, 0.2) is 0 Å². The van der Waals surface area contributed by atoms with E-state index in [-0.39, 0.29) is 0 Å². The maximum atomic E-state index is 12.4. The van der Waals surface area contributed by atoms with Crippen molar-refractivity contribution in [3.8, 4) is 0 Å². The van der Waals surface area contributed by atoms with Crippen molar-refractivity contribution in [2.75, 3.05) is 5.73 Å². The molecular weight excluding hydrogens is 413 g/mol. The van der Waals surface area contributed by atoms with Crippen molar-refractivity contribution >= 4 is 59.9 Å². The summed E-state index contributed by atoms with van der Waals surface area (Å²) in [4.78, 5) is 0.619. The molecule has 0 fully saturated rings. The molecule has 0 aliphatic heterocycles. The number of nitrogen functional groups attached to an aromatic ring is 1. The molecule has 2 N–H and O–H groups in total. The summed E-state index contributed by atoms with van der Waals surface area (Å²) >= 11 is 12.8. The number of hydrogen-bond donors (Lipinski definition) is 1. The van der Waals surface area contributed by atoms with Crippen molar-refractivity contribution in [1.29, 1.82) is 0 Å². The average Bonchev–Trinajstić information content (AvgIpc) is 2.35. The predicted molar refractivity (Wildman–Crippen MR) is 87.8 cm³/mol. The van der Waals surface area contributed by atoms with Crippen LogP contribution in [0, 0.1) is 0 Å². The van der Waals surface area contributed by atoms with Crippen LogP contribution in [0.1, 0.15) is 5.56 Å². The lowest BCUT2D eigenvalue weighted by molar-refractivity contribution is 0.683. The first kappa shape index (κ1) is 15.0. The van der Waals surface area contributed by atoms with Gasteiger partial charge in [0.25, 0.3) is 0 Å². The van der Waals surface area contributed by atoms with Crippen LogP contribution in [0.3, 0.4) is 0 Å². The van der Waals surface area contributed by atoms with Gasteiger partial charge >= 0.3 is 0 Å². The van der Waals surface area contributed by atoms with Crippen LogP contribution < -0.4 is 5.73 Å². The van der Waals surface area contributed by atoms with Crippen LogP contribution >= 0.6 is 43.5 Å². The van der Waals surface area contributed by atoms with E-state index >= 15 is 0 Å². The van der Waals surface area contributed by atoms with Gasteiger partial charge < -0.3 is 5.73 Å². The lowest BCUT2D eigenvalue weighted by Gasteiger charge is -2.08. The second kappa shape index (κ2) is 6.39. The first-order valence-electron chi connectivity index (χ1n) is 5.34. The minimum absolute atomic E-state index is 0.340. The Morgan fingerprint density at radius 2 is 1.74 bits per heavy atom. The zero-order valence-electron chi connectivity index (χ0n) is 9.70. The Labute approximate surface area is 136 Å². The summed E-state index contributed by atoms with van der Waals surface area (Å²) < 4.78 is 14.1. The molecule has 0 radical (unpaired) electrons. The van der Waals surface area contributed by atoms with Crippen LogP contribution in [0.15, 0.2) is 50.2 Å². The third-order valence-electron chi connectivity index (χ3n) is 2.52. The highest BCUT2D eigenvalue weighted by atomic mass is 79.9. The summed E-state index contributed by atoms with van der Waals surface area (Å²) in [5.41, 5.74) is 7.21. The Hall–Kier alpha value is -0.360. The van der Waals surface area contributed by atoms with Gasteiger partial charge in [0.05, 0.1) is 21.4 Å². The second-order valence-corrected chi connectivity index (χ2v) is 7.57. The maximum Gasteiger partial charge on any atom is 0.0632 e. The Morgan fingerprint density at radius 3 is 2.42 bits per heavy atom. The quantitative estimate of drug-likeness (QED) is 0.724. The van der Waals surface area contributed by atoms with Crippen LogP contribution in [-0.2, 0) is 16.6 Å². The summed E-state index contributed by atoms with van der Waals surface area (Å²) in [7, 11) is -1.23. The molecule has 2 rings (SSSR count). The molecule has 0 saturated carbocycles. The molecule has 2 aromatic carbocycles. The summed E-state index contributed by atoms with van der Waals surface area (Å²) in [6, 6.07) is 10.9. The molecule has 6 heteroatoms. The van der Waals surface area contributed by atoms with E-state index in [0.29, 0.717) is 21.4 Å². The monoisotopic (exact) mass is 421 g/mol. The molecule has 0 spiro atoms. The molecule has 1 unspecified atom stereocenters. The van der Waals surface area contributed by atoms with Crippen molar-refractivity contribution in [2.45, 2.75) is 10.6 Å². The van der Waals surface area contributed by atoms with Crippen LogP contribution in [-0.4, -0.2) is 4.21 Å². The molecule has 0 aliphatic rings. The van der Waals surface area contributed by atoms with E-state index in [1.807, 2.05) is 18.2 Å². The van der Waals surface area contributed by atoms with Crippen molar-refractivity contribution < 1.29 is 4.21 Å². The number of nitrogens with two attached hydrogens (primary N) is 1. The summed E-state index contributed by atoms with van der Waals surface area (Å²) in [6.45, 7) is 0. The number of rotatable bonds is 3. The Morgan fingerprint density at radius 1 is 1.11 bits per heavy atom. The Balaban J connectivity index is 2.28.